The Morgan fingerprint density at radius 3 is 2.62 bits per heavy atom. The molecule has 1 aliphatic rings. The fourth-order valence-electron chi connectivity index (χ4n) is 2.55. The van der Waals surface area contributed by atoms with Crippen LogP contribution in [0.3, 0.4) is 0 Å². The maximum absolute atomic E-state index is 13.0. The van der Waals surface area contributed by atoms with Crippen molar-refractivity contribution in [3.05, 3.63) is 64.7 Å². The fourth-order valence-corrected chi connectivity index (χ4v) is 3.76. The van der Waals surface area contributed by atoms with Crippen molar-refractivity contribution in [3.8, 4) is 0 Å². The molecule has 1 heterocycles. The van der Waals surface area contributed by atoms with Crippen LogP contribution >= 0.6 is 23.4 Å². The third-order valence-corrected chi connectivity index (χ3v) is 5.38. The molecular weight excluding hydrogens is 427 g/mol. The maximum Gasteiger partial charge on any atom is 0.417 e. The number of aliphatic imine (C=N–C) groups is 1. The summed E-state index contributed by atoms with van der Waals surface area (Å²) in [5, 5.41) is 4.20. The van der Waals surface area contributed by atoms with Gasteiger partial charge >= 0.3 is 6.18 Å². The molecule has 1 saturated heterocycles. The first-order valence-electron chi connectivity index (χ1n) is 8.46. The van der Waals surface area contributed by atoms with Gasteiger partial charge in [0.15, 0.2) is 5.17 Å². The number of nitrogens with zero attached hydrogens (tertiary/aromatic N) is 1. The highest BCUT2D eigenvalue weighted by atomic mass is 35.5. The van der Waals surface area contributed by atoms with Gasteiger partial charge in [-0.25, -0.2) is 4.99 Å². The Hall–Kier alpha value is -2.52. The number of carbonyl (C=O) groups is 2. The summed E-state index contributed by atoms with van der Waals surface area (Å²) in [7, 11) is 0. The van der Waals surface area contributed by atoms with Gasteiger partial charge in [0.05, 0.1) is 16.3 Å². The van der Waals surface area contributed by atoms with Gasteiger partial charge in [0.2, 0.25) is 11.8 Å². The van der Waals surface area contributed by atoms with Crippen LogP contribution in [0.25, 0.3) is 0 Å². The fraction of sp³-hybridized carbons (Fsp3) is 0.211. The minimum Gasteiger partial charge on any atom is -0.352 e. The average Bonchev–Trinajstić information content (AvgIpc) is 3.00. The summed E-state index contributed by atoms with van der Waals surface area (Å²) in [4.78, 5) is 28.2. The zero-order valence-corrected chi connectivity index (χ0v) is 16.4. The zero-order valence-electron chi connectivity index (χ0n) is 14.8. The normalized spacial score (nSPS) is 18.0. The van der Waals surface area contributed by atoms with Gasteiger partial charge in [-0.3, -0.25) is 9.59 Å². The molecule has 2 N–H and O–H groups in total. The molecule has 0 aromatic heterocycles. The number of alkyl halides is 3. The number of hydrogen-bond acceptors (Lipinski definition) is 4. The minimum absolute atomic E-state index is 0.00120. The first kappa shape index (κ1) is 21.2. The predicted molar refractivity (Wildman–Crippen MR) is 106 cm³/mol. The van der Waals surface area contributed by atoms with Crippen LogP contribution in [0.5, 0.6) is 0 Å². The highest BCUT2D eigenvalue weighted by Crippen LogP contribution is 2.37. The molecule has 2 aromatic rings. The van der Waals surface area contributed by atoms with Crippen LogP contribution < -0.4 is 10.6 Å². The van der Waals surface area contributed by atoms with Gasteiger partial charge < -0.3 is 10.6 Å². The number of carbonyl (C=O) groups excluding carboxylic acids is 2. The number of halogens is 4. The summed E-state index contributed by atoms with van der Waals surface area (Å²) in [6, 6.07) is 12.5. The molecular formula is C19H15ClF3N3O2S. The van der Waals surface area contributed by atoms with Crippen molar-refractivity contribution in [3.63, 3.8) is 0 Å². The molecule has 29 heavy (non-hydrogen) atoms. The van der Waals surface area contributed by atoms with Gasteiger partial charge in [0.25, 0.3) is 0 Å². The first-order chi connectivity index (χ1) is 13.7. The summed E-state index contributed by atoms with van der Waals surface area (Å²) >= 11 is 6.58. The van der Waals surface area contributed by atoms with Crippen LogP contribution in [0.2, 0.25) is 5.02 Å². The molecule has 5 nitrogen and oxygen atoms in total. The molecule has 10 heteroatoms. The first-order valence-corrected chi connectivity index (χ1v) is 9.72. The van der Waals surface area contributed by atoms with E-state index >= 15 is 0 Å². The van der Waals surface area contributed by atoms with Crippen molar-refractivity contribution in [1.29, 1.82) is 0 Å². The highest BCUT2D eigenvalue weighted by molar-refractivity contribution is 8.15. The van der Waals surface area contributed by atoms with E-state index in [-0.39, 0.29) is 23.2 Å². The molecule has 0 saturated carbocycles. The SMILES string of the molecule is O=C(C[C@H]1SC(=Nc2ccc(Cl)c(C(F)(F)F)c2)NC1=O)NCc1ccccc1. The summed E-state index contributed by atoms with van der Waals surface area (Å²) in [5.41, 5.74) is -0.0827. The lowest BCUT2D eigenvalue weighted by Crippen LogP contribution is -2.31. The molecule has 1 fully saturated rings. The van der Waals surface area contributed by atoms with Crippen LogP contribution in [0.15, 0.2) is 53.5 Å². The Labute approximate surface area is 173 Å². The third kappa shape index (κ3) is 5.74. The van der Waals surface area contributed by atoms with Crippen molar-refractivity contribution in [2.24, 2.45) is 4.99 Å². The van der Waals surface area contributed by atoms with Gasteiger partial charge in [-0.15, -0.1) is 0 Å². The topological polar surface area (TPSA) is 70.6 Å². The van der Waals surface area contributed by atoms with Crippen molar-refractivity contribution < 1.29 is 22.8 Å². The Morgan fingerprint density at radius 2 is 1.93 bits per heavy atom. The predicted octanol–water partition coefficient (Wildman–Crippen LogP) is 4.28. The summed E-state index contributed by atoms with van der Waals surface area (Å²) in [5.74, 6) is -0.734. The smallest absolute Gasteiger partial charge is 0.352 e. The van der Waals surface area contributed by atoms with Crippen LogP contribution in [0.1, 0.15) is 17.5 Å². The molecule has 0 unspecified atom stereocenters. The second-order valence-corrected chi connectivity index (χ2v) is 7.74. The van der Waals surface area contributed by atoms with E-state index in [1.54, 1.807) is 0 Å². The molecule has 2 amide bonds. The Bertz CT molecular complexity index is 951. The molecule has 1 atom stereocenters. The summed E-state index contributed by atoms with van der Waals surface area (Å²) in [6.45, 7) is 0.338. The second kappa shape index (κ2) is 8.87. The third-order valence-electron chi connectivity index (χ3n) is 3.97. The van der Waals surface area contributed by atoms with E-state index in [2.05, 4.69) is 15.6 Å². The highest BCUT2D eigenvalue weighted by Gasteiger charge is 2.34. The van der Waals surface area contributed by atoms with Gasteiger partial charge in [-0.05, 0) is 23.8 Å². The lowest BCUT2D eigenvalue weighted by Gasteiger charge is -2.09. The average molecular weight is 442 g/mol. The van der Waals surface area contributed by atoms with E-state index in [0.29, 0.717) is 6.54 Å². The van der Waals surface area contributed by atoms with Crippen LogP contribution in [-0.4, -0.2) is 22.2 Å². The number of rotatable bonds is 5. The van der Waals surface area contributed by atoms with E-state index in [9.17, 15) is 22.8 Å². The van der Waals surface area contributed by atoms with Crippen molar-refractivity contribution >= 4 is 46.0 Å². The van der Waals surface area contributed by atoms with Gasteiger partial charge in [0, 0.05) is 13.0 Å². The molecule has 0 bridgehead atoms. The van der Waals surface area contributed by atoms with E-state index in [4.69, 9.17) is 11.6 Å². The zero-order chi connectivity index (χ0) is 21.0. The number of amidine groups is 1. The van der Waals surface area contributed by atoms with Crippen LogP contribution in [0.4, 0.5) is 18.9 Å². The molecule has 152 valence electrons. The Morgan fingerprint density at radius 1 is 1.21 bits per heavy atom. The van der Waals surface area contributed by atoms with E-state index in [1.807, 2.05) is 30.3 Å². The lowest BCUT2D eigenvalue weighted by atomic mass is 10.2. The molecule has 0 radical (unpaired) electrons. The monoisotopic (exact) mass is 441 g/mol. The number of thioether (sulfide) groups is 1. The summed E-state index contributed by atoms with van der Waals surface area (Å²) < 4.78 is 38.9. The van der Waals surface area contributed by atoms with Crippen LogP contribution in [-0.2, 0) is 22.3 Å². The van der Waals surface area contributed by atoms with E-state index in [1.165, 1.54) is 6.07 Å². The van der Waals surface area contributed by atoms with Gasteiger partial charge in [-0.1, -0.05) is 53.7 Å². The van der Waals surface area contributed by atoms with Crippen molar-refractivity contribution in [1.82, 2.24) is 10.6 Å². The van der Waals surface area contributed by atoms with Crippen molar-refractivity contribution in [2.75, 3.05) is 0 Å². The van der Waals surface area contributed by atoms with Gasteiger partial charge in [-0.2, -0.15) is 13.2 Å². The lowest BCUT2D eigenvalue weighted by molar-refractivity contribution is -0.137. The molecule has 1 aliphatic heterocycles. The molecule has 3 rings (SSSR count). The summed E-state index contributed by atoms with van der Waals surface area (Å²) in [6.07, 6.45) is -4.69. The largest absolute Gasteiger partial charge is 0.417 e. The Balaban J connectivity index is 1.62. The standard InChI is InChI=1S/C19H15ClF3N3O2S/c20-14-7-6-12(8-13(14)19(21,22)23)25-18-26-17(28)15(29-18)9-16(27)24-10-11-4-2-1-3-5-11/h1-8,15H,9-10H2,(H,24,27)(H,25,26,28)/t15-/m1/s1. The molecule has 2 aromatic carbocycles. The minimum atomic E-state index is -4.61. The number of hydrogen-bond donors (Lipinski definition) is 2. The van der Waals surface area contributed by atoms with Gasteiger partial charge in [0.1, 0.15) is 5.25 Å². The number of benzene rings is 2. The molecule has 0 aliphatic carbocycles. The second-order valence-electron chi connectivity index (χ2n) is 6.14. The molecule has 0 spiro atoms. The number of amides is 2. The maximum atomic E-state index is 13.0. The van der Waals surface area contributed by atoms with E-state index in [0.717, 1.165) is 29.5 Å². The van der Waals surface area contributed by atoms with Crippen LogP contribution in [0, 0.1) is 0 Å². The van der Waals surface area contributed by atoms with E-state index < -0.39 is 27.9 Å². The number of nitrogens with one attached hydrogen (secondary N) is 2. The Kier molecular flexibility index (Phi) is 6.49. The quantitative estimate of drug-likeness (QED) is 0.727. The van der Waals surface area contributed by atoms with Crippen molar-refractivity contribution in [2.45, 2.75) is 24.4 Å².